The number of guanidine groups is 1. The van der Waals surface area contributed by atoms with E-state index in [4.69, 9.17) is 9.47 Å². The van der Waals surface area contributed by atoms with Crippen molar-refractivity contribution in [1.82, 2.24) is 10.6 Å². The molecular formula is C18H29N3O2. The summed E-state index contributed by atoms with van der Waals surface area (Å²) in [7, 11) is 1.81. The van der Waals surface area contributed by atoms with Gasteiger partial charge in [0.05, 0.1) is 19.8 Å². The lowest BCUT2D eigenvalue weighted by molar-refractivity contribution is 0.0453. The second kappa shape index (κ2) is 9.53. The summed E-state index contributed by atoms with van der Waals surface area (Å²) in [5, 5.41) is 6.80. The topological polar surface area (TPSA) is 54.9 Å². The van der Waals surface area contributed by atoms with Crippen molar-refractivity contribution in [3.63, 3.8) is 0 Å². The molecule has 23 heavy (non-hydrogen) atoms. The predicted octanol–water partition coefficient (Wildman–Crippen LogP) is 2.31. The zero-order valence-corrected chi connectivity index (χ0v) is 14.5. The van der Waals surface area contributed by atoms with Crippen molar-refractivity contribution in [2.24, 2.45) is 10.9 Å². The zero-order valence-electron chi connectivity index (χ0n) is 14.5. The molecule has 0 heterocycles. The molecule has 0 spiro atoms. The molecule has 1 aromatic carbocycles. The second-order valence-electron chi connectivity index (χ2n) is 5.96. The summed E-state index contributed by atoms with van der Waals surface area (Å²) in [5.41, 5.74) is 2.40. The van der Waals surface area contributed by atoms with E-state index in [1.165, 1.54) is 17.5 Å². The third-order valence-electron chi connectivity index (χ3n) is 3.95. The smallest absolute Gasteiger partial charge is 0.191 e. The van der Waals surface area contributed by atoms with E-state index in [2.05, 4.69) is 46.8 Å². The van der Waals surface area contributed by atoms with Crippen LogP contribution in [0.3, 0.4) is 0 Å². The van der Waals surface area contributed by atoms with E-state index in [9.17, 15) is 0 Å². The first kappa shape index (κ1) is 17.8. The molecule has 5 heteroatoms. The maximum atomic E-state index is 5.61. The van der Waals surface area contributed by atoms with Gasteiger partial charge in [0, 0.05) is 26.2 Å². The molecular weight excluding hydrogens is 290 g/mol. The Hall–Kier alpha value is -1.59. The van der Waals surface area contributed by atoms with Gasteiger partial charge in [0.15, 0.2) is 5.96 Å². The number of aliphatic imine (C=N–C) groups is 1. The van der Waals surface area contributed by atoms with E-state index in [1.807, 2.05) is 14.0 Å². The van der Waals surface area contributed by atoms with Crippen molar-refractivity contribution in [1.29, 1.82) is 0 Å². The van der Waals surface area contributed by atoms with Gasteiger partial charge in [0.2, 0.25) is 0 Å². The Labute approximate surface area is 139 Å². The number of ether oxygens (including phenoxy) is 2. The van der Waals surface area contributed by atoms with Gasteiger partial charge in [-0.3, -0.25) is 4.99 Å². The van der Waals surface area contributed by atoms with E-state index < -0.39 is 0 Å². The Morgan fingerprint density at radius 2 is 2.00 bits per heavy atom. The van der Waals surface area contributed by atoms with Crippen molar-refractivity contribution >= 4 is 5.96 Å². The molecule has 0 saturated heterocycles. The van der Waals surface area contributed by atoms with Gasteiger partial charge in [-0.1, -0.05) is 31.2 Å². The van der Waals surface area contributed by atoms with Gasteiger partial charge in [-0.25, -0.2) is 0 Å². The predicted molar refractivity (Wildman–Crippen MR) is 93.5 cm³/mol. The Morgan fingerprint density at radius 1 is 1.26 bits per heavy atom. The SMILES string of the molecule is CCOCCOCc1cccc(CNC(=NC)NC2CC2C)c1. The van der Waals surface area contributed by atoms with Crippen LogP contribution in [0.4, 0.5) is 0 Å². The molecule has 2 atom stereocenters. The first-order valence-electron chi connectivity index (χ1n) is 8.43. The number of rotatable bonds is 9. The highest BCUT2D eigenvalue weighted by Gasteiger charge is 2.33. The number of nitrogens with one attached hydrogen (secondary N) is 2. The van der Waals surface area contributed by atoms with Crippen molar-refractivity contribution in [2.75, 3.05) is 26.9 Å². The van der Waals surface area contributed by atoms with Gasteiger partial charge in [-0.05, 0) is 30.4 Å². The molecule has 2 N–H and O–H groups in total. The van der Waals surface area contributed by atoms with Crippen molar-refractivity contribution in [2.45, 2.75) is 39.5 Å². The lowest BCUT2D eigenvalue weighted by atomic mass is 10.1. The molecule has 2 rings (SSSR count). The van der Waals surface area contributed by atoms with Crippen molar-refractivity contribution in [3.05, 3.63) is 35.4 Å². The second-order valence-corrected chi connectivity index (χ2v) is 5.96. The quantitative estimate of drug-likeness (QED) is 0.417. The fourth-order valence-corrected chi connectivity index (χ4v) is 2.36. The number of benzene rings is 1. The van der Waals surface area contributed by atoms with Crippen LogP contribution < -0.4 is 10.6 Å². The Morgan fingerprint density at radius 3 is 2.70 bits per heavy atom. The van der Waals surface area contributed by atoms with E-state index in [-0.39, 0.29) is 0 Å². The summed E-state index contributed by atoms with van der Waals surface area (Å²) in [6, 6.07) is 9.01. The van der Waals surface area contributed by atoms with Crippen LogP contribution in [-0.4, -0.2) is 38.9 Å². The van der Waals surface area contributed by atoms with Gasteiger partial charge in [-0.15, -0.1) is 0 Å². The molecule has 0 amide bonds. The van der Waals surface area contributed by atoms with Crippen LogP contribution in [0.5, 0.6) is 0 Å². The summed E-state index contributed by atoms with van der Waals surface area (Å²) in [4.78, 5) is 4.27. The van der Waals surface area contributed by atoms with E-state index in [1.54, 1.807) is 0 Å². The van der Waals surface area contributed by atoms with Gasteiger partial charge < -0.3 is 20.1 Å². The highest BCUT2D eigenvalue weighted by molar-refractivity contribution is 5.80. The van der Waals surface area contributed by atoms with Crippen LogP contribution in [0.2, 0.25) is 0 Å². The van der Waals surface area contributed by atoms with Crippen LogP contribution in [0, 0.1) is 5.92 Å². The van der Waals surface area contributed by atoms with E-state index in [0.717, 1.165) is 25.0 Å². The molecule has 1 saturated carbocycles. The standard InChI is InChI=1S/C18H29N3O2/c1-4-22-8-9-23-13-16-7-5-6-15(11-16)12-20-18(19-3)21-17-10-14(17)2/h5-7,11,14,17H,4,8-10,12-13H2,1-3H3,(H2,19,20,21). The summed E-state index contributed by atoms with van der Waals surface area (Å²) in [6.07, 6.45) is 1.23. The molecule has 0 aliphatic heterocycles. The number of nitrogens with zero attached hydrogens (tertiary/aromatic N) is 1. The lowest BCUT2D eigenvalue weighted by Gasteiger charge is -2.12. The third-order valence-corrected chi connectivity index (χ3v) is 3.95. The average Bonchev–Trinajstić information content (AvgIpc) is 3.26. The molecule has 1 fully saturated rings. The molecule has 1 aliphatic carbocycles. The minimum atomic E-state index is 0.575. The van der Waals surface area contributed by atoms with Gasteiger partial charge in [0.1, 0.15) is 0 Å². The largest absolute Gasteiger partial charge is 0.379 e. The summed E-state index contributed by atoms with van der Waals surface area (Å²) in [6.45, 7) is 7.63. The minimum Gasteiger partial charge on any atom is -0.379 e. The normalized spacial score (nSPS) is 20.4. The average molecular weight is 319 g/mol. The first-order valence-corrected chi connectivity index (χ1v) is 8.43. The van der Waals surface area contributed by atoms with Crippen LogP contribution >= 0.6 is 0 Å². The molecule has 0 aromatic heterocycles. The lowest BCUT2D eigenvalue weighted by Crippen LogP contribution is -2.38. The van der Waals surface area contributed by atoms with Gasteiger partial charge in [0.25, 0.3) is 0 Å². The molecule has 2 unspecified atom stereocenters. The molecule has 128 valence electrons. The summed E-state index contributed by atoms with van der Waals surface area (Å²) >= 11 is 0. The Balaban J connectivity index is 1.73. The number of hydrogen-bond acceptors (Lipinski definition) is 3. The molecule has 0 bridgehead atoms. The van der Waals surface area contributed by atoms with Gasteiger partial charge >= 0.3 is 0 Å². The van der Waals surface area contributed by atoms with Crippen molar-refractivity contribution in [3.8, 4) is 0 Å². The van der Waals surface area contributed by atoms with E-state index >= 15 is 0 Å². The maximum Gasteiger partial charge on any atom is 0.191 e. The van der Waals surface area contributed by atoms with Crippen LogP contribution in [0.15, 0.2) is 29.3 Å². The fraction of sp³-hybridized carbons (Fsp3) is 0.611. The fourth-order valence-electron chi connectivity index (χ4n) is 2.36. The first-order chi connectivity index (χ1) is 11.2. The monoisotopic (exact) mass is 319 g/mol. The third kappa shape index (κ3) is 6.59. The van der Waals surface area contributed by atoms with Crippen molar-refractivity contribution < 1.29 is 9.47 Å². The zero-order chi connectivity index (χ0) is 16.5. The van der Waals surface area contributed by atoms with Crippen LogP contribution in [0.25, 0.3) is 0 Å². The highest BCUT2D eigenvalue weighted by Crippen LogP contribution is 2.28. The molecule has 5 nitrogen and oxygen atoms in total. The molecule has 1 aliphatic rings. The Bertz CT molecular complexity index is 505. The summed E-state index contributed by atoms with van der Waals surface area (Å²) in [5.74, 6) is 1.63. The van der Waals surface area contributed by atoms with Crippen LogP contribution in [0.1, 0.15) is 31.4 Å². The van der Waals surface area contributed by atoms with Crippen LogP contribution in [-0.2, 0) is 22.6 Å². The highest BCUT2D eigenvalue weighted by atomic mass is 16.5. The molecule has 0 radical (unpaired) electrons. The maximum absolute atomic E-state index is 5.61. The summed E-state index contributed by atoms with van der Waals surface area (Å²) < 4.78 is 10.9. The van der Waals surface area contributed by atoms with Gasteiger partial charge in [-0.2, -0.15) is 0 Å². The molecule has 1 aromatic rings. The number of hydrogen-bond donors (Lipinski definition) is 2. The van der Waals surface area contributed by atoms with E-state index in [0.29, 0.717) is 25.9 Å². The Kier molecular flexibility index (Phi) is 7.36. The minimum absolute atomic E-state index is 0.575.